The lowest BCUT2D eigenvalue weighted by Crippen LogP contribution is -2.29. The Hall–Kier alpha value is -5.26. The number of hydrogen-bond acceptors (Lipinski definition) is 9. The van der Waals surface area contributed by atoms with Gasteiger partial charge in [0.15, 0.2) is 11.6 Å². The molecular formula is C34H39N9O3. The number of nitrogens with one attached hydrogen (secondary N) is 2. The maximum atomic E-state index is 14.0. The van der Waals surface area contributed by atoms with Crippen LogP contribution in [-0.4, -0.2) is 59.2 Å². The number of unbranched alkanes of at least 4 members (excludes halogenated alkanes) is 1. The number of aromatic amines is 1. The molecule has 1 amide bonds. The molecule has 0 aliphatic rings. The van der Waals surface area contributed by atoms with Crippen LogP contribution in [0.5, 0.6) is 5.75 Å². The number of aromatic nitrogens is 8. The molecule has 0 saturated heterocycles. The van der Waals surface area contributed by atoms with Crippen molar-refractivity contribution in [2.24, 2.45) is 0 Å². The summed E-state index contributed by atoms with van der Waals surface area (Å²) in [6, 6.07) is 16.1. The molecule has 46 heavy (non-hydrogen) atoms. The van der Waals surface area contributed by atoms with Crippen molar-refractivity contribution in [3.63, 3.8) is 0 Å². The molecule has 0 aliphatic heterocycles. The number of benzene rings is 2. The second-order valence-electron chi connectivity index (χ2n) is 11.0. The van der Waals surface area contributed by atoms with Crippen LogP contribution in [0.3, 0.4) is 0 Å². The summed E-state index contributed by atoms with van der Waals surface area (Å²) in [7, 11) is 0. The van der Waals surface area contributed by atoms with Gasteiger partial charge in [-0.05, 0) is 59.7 Å². The van der Waals surface area contributed by atoms with E-state index in [1.54, 1.807) is 19.3 Å². The van der Waals surface area contributed by atoms with Crippen molar-refractivity contribution in [1.82, 2.24) is 45.5 Å². The molecule has 2 N–H and O–H groups in total. The molecule has 2 aromatic carbocycles. The highest BCUT2D eigenvalue weighted by Crippen LogP contribution is 2.30. The van der Waals surface area contributed by atoms with Gasteiger partial charge in [-0.1, -0.05) is 68.8 Å². The van der Waals surface area contributed by atoms with E-state index in [1.165, 1.54) is 4.57 Å². The Labute approximate surface area is 267 Å². The molecule has 0 fully saturated rings. The van der Waals surface area contributed by atoms with Gasteiger partial charge >= 0.3 is 0 Å². The molecule has 0 bridgehead atoms. The zero-order valence-electron chi connectivity index (χ0n) is 26.5. The number of rotatable bonds is 15. The molecular weight excluding hydrogens is 582 g/mol. The molecule has 5 aromatic rings. The maximum absolute atomic E-state index is 14.0. The maximum Gasteiger partial charge on any atom is 0.264 e. The van der Waals surface area contributed by atoms with E-state index >= 15 is 0 Å². The van der Waals surface area contributed by atoms with Crippen molar-refractivity contribution < 1.29 is 9.53 Å². The Balaban J connectivity index is 1.35. The third kappa shape index (κ3) is 7.87. The van der Waals surface area contributed by atoms with Crippen molar-refractivity contribution in [3.05, 3.63) is 93.9 Å². The number of H-pyrrole nitrogens is 1. The standard InChI is InChI=1S/C34H39N9O3/c1-4-6-12-30-29(20-24-14-16-25(17-15-24)27-10-7-8-11-28(27)32-39-41-42-40-32)33(45)43(23(3)38-30)34-36-21-26(22-37-34)46-19-9-13-31(44)35-18-5-2/h7-8,10-11,14-17,21-22H,4-6,9,12-13,18-20H2,1-3H3,(H,35,44)(H,39,40,41,42). The molecule has 0 spiro atoms. The zero-order chi connectivity index (χ0) is 32.3. The first-order chi connectivity index (χ1) is 22.5. The van der Waals surface area contributed by atoms with Gasteiger partial charge in [-0.15, -0.1) is 5.10 Å². The van der Waals surface area contributed by atoms with Crippen molar-refractivity contribution in [1.29, 1.82) is 0 Å². The molecule has 12 nitrogen and oxygen atoms in total. The molecule has 5 rings (SSSR count). The topological polar surface area (TPSA) is 153 Å². The fourth-order valence-electron chi connectivity index (χ4n) is 5.18. The van der Waals surface area contributed by atoms with Crippen LogP contribution in [0, 0.1) is 6.92 Å². The smallest absolute Gasteiger partial charge is 0.264 e. The number of amides is 1. The summed E-state index contributed by atoms with van der Waals surface area (Å²) in [6.45, 7) is 6.97. The summed E-state index contributed by atoms with van der Waals surface area (Å²) in [5, 5.41) is 17.2. The SMILES string of the molecule is CCCCc1nc(C)n(-c2ncc(OCCCC(=O)NCCC)cn2)c(=O)c1Cc1ccc(-c2ccccc2-c2nnn[nH]2)cc1. The number of carbonyl (C=O) groups excluding carboxylic acids is 1. The van der Waals surface area contributed by atoms with Gasteiger partial charge in [-0.2, -0.15) is 0 Å². The number of aryl methyl sites for hydroxylation is 2. The fourth-order valence-corrected chi connectivity index (χ4v) is 5.18. The van der Waals surface area contributed by atoms with Crippen LogP contribution >= 0.6 is 0 Å². The summed E-state index contributed by atoms with van der Waals surface area (Å²) in [4.78, 5) is 39.5. The number of carbonyl (C=O) groups is 1. The van der Waals surface area contributed by atoms with E-state index in [-0.39, 0.29) is 17.4 Å². The van der Waals surface area contributed by atoms with Crippen LogP contribution < -0.4 is 15.6 Å². The van der Waals surface area contributed by atoms with E-state index < -0.39 is 0 Å². The van der Waals surface area contributed by atoms with E-state index in [0.29, 0.717) is 61.8 Å². The van der Waals surface area contributed by atoms with Crippen LogP contribution in [-0.2, 0) is 17.6 Å². The normalized spacial score (nSPS) is 11.0. The number of hydrogen-bond donors (Lipinski definition) is 2. The molecule has 12 heteroatoms. The van der Waals surface area contributed by atoms with E-state index in [4.69, 9.17) is 9.72 Å². The molecule has 0 aliphatic carbocycles. The summed E-state index contributed by atoms with van der Waals surface area (Å²) in [5.74, 6) is 1.84. The van der Waals surface area contributed by atoms with Gasteiger partial charge in [0.05, 0.1) is 24.7 Å². The first-order valence-electron chi connectivity index (χ1n) is 15.7. The van der Waals surface area contributed by atoms with Crippen LogP contribution in [0.25, 0.3) is 28.5 Å². The van der Waals surface area contributed by atoms with Crippen LogP contribution in [0.15, 0.2) is 65.7 Å². The predicted molar refractivity (Wildman–Crippen MR) is 175 cm³/mol. The summed E-state index contributed by atoms with van der Waals surface area (Å²) < 4.78 is 7.19. The Kier molecular flexibility index (Phi) is 10.9. The highest BCUT2D eigenvalue weighted by Gasteiger charge is 2.18. The van der Waals surface area contributed by atoms with Crippen molar-refractivity contribution >= 4 is 5.91 Å². The Bertz CT molecular complexity index is 1780. The number of ether oxygens (including phenoxy) is 1. The highest BCUT2D eigenvalue weighted by molar-refractivity contribution is 5.80. The molecule has 0 radical (unpaired) electrons. The predicted octanol–water partition coefficient (Wildman–Crippen LogP) is 4.80. The van der Waals surface area contributed by atoms with Gasteiger partial charge in [0.25, 0.3) is 5.56 Å². The largest absolute Gasteiger partial charge is 0.490 e. The van der Waals surface area contributed by atoms with Crippen molar-refractivity contribution in [2.45, 2.75) is 65.7 Å². The van der Waals surface area contributed by atoms with E-state index in [1.807, 2.05) is 55.5 Å². The van der Waals surface area contributed by atoms with E-state index in [0.717, 1.165) is 47.2 Å². The lowest BCUT2D eigenvalue weighted by molar-refractivity contribution is -0.121. The molecule has 3 aromatic heterocycles. The van der Waals surface area contributed by atoms with Gasteiger partial charge in [0.1, 0.15) is 5.82 Å². The lowest BCUT2D eigenvalue weighted by Gasteiger charge is -2.15. The monoisotopic (exact) mass is 621 g/mol. The minimum atomic E-state index is -0.183. The molecule has 3 heterocycles. The summed E-state index contributed by atoms with van der Waals surface area (Å²) in [5.41, 5.74) is 5.15. The van der Waals surface area contributed by atoms with E-state index in [9.17, 15) is 9.59 Å². The second-order valence-corrected chi connectivity index (χ2v) is 11.0. The number of tetrazole rings is 1. The Morgan fingerprint density at radius 2 is 1.74 bits per heavy atom. The Morgan fingerprint density at radius 3 is 2.43 bits per heavy atom. The van der Waals surface area contributed by atoms with Crippen LogP contribution in [0.2, 0.25) is 0 Å². The average Bonchev–Trinajstić information content (AvgIpc) is 3.62. The zero-order valence-corrected chi connectivity index (χ0v) is 26.5. The molecule has 238 valence electrons. The third-order valence-electron chi connectivity index (χ3n) is 7.57. The van der Waals surface area contributed by atoms with Gasteiger partial charge in [0, 0.05) is 30.5 Å². The van der Waals surface area contributed by atoms with Gasteiger partial charge < -0.3 is 10.1 Å². The molecule has 0 saturated carbocycles. The first kappa shape index (κ1) is 32.1. The third-order valence-corrected chi connectivity index (χ3v) is 7.57. The lowest BCUT2D eigenvalue weighted by atomic mass is 9.96. The first-order valence-corrected chi connectivity index (χ1v) is 15.7. The number of nitrogens with zero attached hydrogens (tertiary/aromatic N) is 7. The Morgan fingerprint density at radius 1 is 0.978 bits per heavy atom. The fraction of sp³-hybridized carbons (Fsp3) is 0.353. The highest BCUT2D eigenvalue weighted by atomic mass is 16.5. The second kappa shape index (κ2) is 15.6. The van der Waals surface area contributed by atoms with Gasteiger partial charge in [0.2, 0.25) is 11.9 Å². The van der Waals surface area contributed by atoms with Crippen LogP contribution in [0.4, 0.5) is 0 Å². The van der Waals surface area contributed by atoms with Gasteiger partial charge in [-0.3, -0.25) is 9.59 Å². The van der Waals surface area contributed by atoms with Gasteiger partial charge in [-0.25, -0.2) is 24.6 Å². The van der Waals surface area contributed by atoms with E-state index in [2.05, 4.69) is 42.8 Å². The quantitative estimate of drug-likeness (QED) is 0.157. The summed E-state index contributed by atoms with van der Waals surface area (Å²) in [6.07, 6.45) is 8.01. The average molecular weight is 622 g/mol. The summed E-state index contributed by atoms with van der Waals surface area (Å²) >= 11 is 0. The molecule has 0 atom stereocenters. The van der Waals surface area contributed by atoms with Crippen molar-refractivity contribution in [2.75, 3.05) is 13.2 Å². The van der Waals surface area contributed by atoms with Crippen LogP contribution in [0.1, 0.15) is 68.6 Å². The minimum Gasteiger partial charge on any atom is -0.490 e. The molecule has 0 unspecified atom stereocenters. The van der Waals surface area contributed by atoms with Crippen molar-refractivity contribution in [3.8, 4) is 34.2 Å². The minimum absolute atomic E-state index is 0.0134.